The molecule has 3 N–H and O–H groups in total. The Morgan fingerprint density at radius 2 is 2.00 bits per heavy atom. The maximum Gasteiger partial charge on any atom is 0.255 e. The molecule has 0 aliphatic carbocycles. The van der Waals surface area contributed by atoms with Crippen LogP contribution in [-0.2, 0) is 6.54 Å². The van der Waals surface area contributed by atoms with Crippen molar-refractivity contribution >= 4 is 11.7 Å². The van der Waals surface area contributed by atoms with Gasteiger partial charge in [0.2, 0.25) is 0 Å². The Labute approximate surface area is 147 Å². The number of pyridine rings is 1. The molecule has 4 rings (SSSR count). The number of nitrogens with zero attached hydrogens (tertiary/aromatic N) is 2. The summed E-state index contributed by atoms with van der Waals surface area (Å²) < 4.78 is 6.45. The van der Waals surface area contributed by atoms with Crippen molar-refractivity contribution in [3.63, 3.8) is 0 Å². The van der Waals surface area contributed by atoms with Gasteiger partial charge in [0.25, 0.3) is 5.91 Å². The predicted octanol–water partition coefficient (Wildman–Crippen LogP) is 1.82. The number of nitrogen functional groups attached to an aromatic ring is 1. The topological polar surface area (TPSA) is 80.5 Å². The lowest BCUT2D eigenvalue weighted by Crippen LogP contribution is -2.53. The first-order chi connectivity index (χ1) is 12.2. The van der Waals surface area contributed by atoms with Gasteiger partial charge in [-0.3, -0.25) is 4.79 Å². The number of hydrogen-bond donors (Lipinski definition) is 2. The summed E-state index contributed by atoms with van der Waals surface area (Å²) in [4.78, 5) is 19.0. The molecule has 130 valence electrons. The van der Waals surface area contributed by atoms with Gasteiger partial charge in [0.15, 0.2) is 0 Å². The Kier molecular flexibility index (Phi) is 4.05. The van der Waals surface area contributed by atoms with Crippen LogP contribution in [0.5, 0.6) is 5.75 Å². The largest absolute Gasteiger partial charge is 0.485 e. The van der Waals surface area contributed by atoms with Crippen LogP contribution in [0.3, 0.4) is 0 Å². The molecule has 2 aromatic rings. The number of anilines is 1. The van der Waals surface area contributed by atoms with Gasteiger partial charge in [0, 0.05) is 31.1 Å². The summed E-state index contributed by atoms with van der Waals surface area (Å²) in [6, 6.07) is 11.4. The smallest absolute Gasteiger partial charge is 0.255 e. The first-order valence-corrected chi connectivity index (χ1v) is 8.64. The van der Waals surface area contributed by atoms with Crippen LogP contribution in [0.15, 0.2) is 42.6 Å². The SMILES string of the molecule is Nc1ccc(C(=O)N2Cc3ccccc3OC3(CCNCC3)C2)cn1. The minimum Gasteiger partial charge on any atom is -0.485 e. The molecule has 6 nitrogen and oxygen atoms in total. The maximum atomic E-state index is 13.1. The molecule has 1 amide bonds. The highest BCUT2D eigenvalue weighted by atomic mass is 16.5. The number of rotatable bonds is 1. The van der Waals surface area contributed by atoms with Crippen molar-refractivity contribution in [1.82, 2.24) is 15.2 Å². The molecule has 2 aliphatic rings. The van der Waals surface area contributed by atoms with Crippen molar-refractivity contribution < 1.29 is 9.53 Å². The number of nitrogens with one attached hydrogen (secondary N) is 1. The molecule has 1 spiro atoms. The number of nitrogens with two attached hydrogens (primary N) is 1. The van der Waals surface area contributed by atoms with Crippen molar-refractivity contribution in [3.8, 4) is 5.75 Å². The van der Waals surface area contributed by atoms with Gasteiger partial charge < -0.3 is 20.7 Å². The highest BCUT2D eigenvalue weighted by Gasteiger charge is 2.40. The zero-order valence-corrected chi connectivity index (χ0v) is 14.1. The molecule has 1 fully saturated rings. The number of amides is 1. The Morgan fingerprint density at radius 1 is 1.20 bits per heavy atom. The zero-order valence-electron chi connectivity index (χ0n) is 14.1. The standard InChI is InChI=1S/C19H22N4O2/c20-17-6-5-14(11-22-17)18(24)23-12-15-3-1-2-4-16(15)25-19(13-23)7-9-21-10-8-19/h1-6,11,21H,7-10,12-13H2,(H2,20,22). The fraction of sp³-hybridized carbons (Fsp3) is 0.368. The van der Waals surface area contributed by atoms with Gasteiger partial charge >= 0.3 is 0 Å². The molecule has 1 aromatic carbocycles. The van der Waals surface area contributed by atoms with Crippen LogP contribution >= 0.6 is 0 Å². The Bertz CT molecular complexity index is 769. The number of ether oxygens (including phenoxy) is 1. The summed E-state index contributed by atoms with van der Waals surface area (Å²) >= 11 is 0. The van der Waals surface area contributed by atoms with Crippen molar-refractivity contribution in [2.45, 2.75) is 25.0 Å². The number of carbonyl (C=O) groups is 1. The molecule has 2 aliphatic heterocycles. The summed E-state index contributed by atoms with van der Waals surface area (Å²) in [6.45, 7) is 2.91. The van der Waals surface area contributed by atoms with E-state index in [1.54, 1.807) is 18.3 Å². The van der Waals surface area contributed by atoms with Crippen molar-refractivity contribution in [3.05, 3.63) is 53.7 Å². The van der Waals surface area contributed by atoms with Crippen LogP contribution in [0.2, 0.25) is 0 Å². The fourth-order valence-electron chi connectivity index (χ4n) is 3.61. The van der Waals surface area contributed by atoms with E-state index in [-0.39, 0.29) is 11.5 Å². The number of carbonyl (C=O) groups excluding carboxylic acids is 1. The Balaban J connectivity index is 1.69. The van der Waals surface area contributed by atoms with Crippen LogP contribution in [0.4, 0.5) is 5.82 Å². The second-order valence-corrected chi connectivity index (χ2v) is 6.78. The second-order valence-electron chi connectivity index (χ2n) is 6.78. The van der Waals surface area contributed by atoms with Gasteiger partial charge in [-0.05, 0) is 31.3 Å². The van der Waals surface area contributed by atoms with E-state index in [4.69, 9.17) is 10.5 Å². The normalized spacial score (nSPS) is 19.0. The minimum absolute atomic E-state index is 0.0364. The fourth-order valence-corrected chi connectivity index (χ4v) is 3.61. The Hall–Kier alpha value is -2.60. The quantitative estimate of drug-likeness (QED) is 0.829. The summed E-state index contributed by atoms with van der Waals surface area (Å²) in [7, 11) is 0. The third-order valence-electron chi connectivity index (χ3n) is 4.97. The molecule has 0 bridgehead atoms. The predicted molar refractivity (Wildman–Crippen MR) is 95.3 cm³/mol. The van der Waals surface area contributed by atoms with Crippen LogP contribution in [0.25, 0.3) is 0 Å². The summed E-state index contributed by atoms with van der Waals surface area (Å²) in [5, 5.41) is 3.38. The number of para-hydroxylation sites is 1. The van der Waals surface area contributed by atoms with E-state index >= 15 is 0 Å². The van der Waals surface area contributed by atoms with E-state index in [0.29, 0.717) is 24.5 Å². The maximum absolute atomic E-state index is 13.1. The monoisotopic (exact) mass is 338 g/mol. The molecule has 25 heavy (non-hydrogen) atoms. The van der Waals surface area contributed by atoms with E-state index in [0.717, 1.165) is 37.2 Å². The number of hydrogen-bond acceptors (Lipinski definition) is 5. The summed E-state index contributed by atoms with van der Waals surface area (Å²) in [6.07, 6.45) is 3.31. The molecular weight excluding hydrogens is 316 g/mol. The third-order valence-corrected chi connectivity index (χ3v) is 4.97. The van der Waals surface area contributed by atoms with Crippen molar-refractivity contribution in [2.75, 3.05) is 25.4 Å². The highest BCUT2D eigenvalue weighted by Crippen LogP contribution is 2.34. The van der Waals surface area contributed by atoms with E-state index in [2.05, 4.69) is 10.3 Å². The first-order valence-electron chi connectivity index (χ1n) is 8.64. The van der Waals surface area contributed by atoms with E-state index in [1.807, 2.05) is 29.2 Å². The van der Waals surface area contributed by atoms with Crippen molar-refractivity contribution in [1.29, 1.82) is 0 Å². The number of aromatic nitrogens is 1. The Morgan fingerprint density at radius 3 is 2.76 bits per heavy atom. The minimum atomic E-state index is -0.339. The summed E-state index contributed by atoms with van der Waals surface area (Å²) in [5.41, 5.74) is 6.89. The lowest BCUT2D eigenvalue weighted by atomic mass is 9.91. The van der Waals surface area contributed by atoms with Crippen LogP contribution in [-0.4, -0.2) is 41.0 Å². The molecule has 3 heterocycles. The molecule has 1 saturated heterocycles. The van der Waals surface area contributed by atoms with E-state index in [9.17, 15) is 4.79 Å². The average molecular weight is 338 g/mol. The van der Waals surface area contributed by atoms with Gasteiger partial charge in [0.05, 0.1) is 12.1 Å². The first kappa shape index (κ1) is 15.9. The number of fused-ring (bicyclic) bond motifs is 1. The second kappa shape index (κ2) is 6.37. The average Bonchev–Trinajstić information content (AvgIpc) is 2.79. The molecule has 0 radical (unpaired) electrons. The zero-order chi connectivity index (χ0) is 17.3. The van der Waals surface area contributed by atoms with Crippen molar-refractivity contribution in [2.24, 2.45) is 0 Å². The van der Waals surface area contributed by atoms with Gasteiger partial charge in [0.1, 0.15) is 17.2 Å². The molecule has 6 heteroatoms. The lowest BCUT2D eigenvalue weighted by Gasteiger charge is -2.39. The van der Waals surface area contributed by atoms with Gasteiger partial charge in [-0.25, -0.2) is 4.98 Å². The molecule has 0 saturated carbocycles. The van der Waals surface area contributed by atoms with E-state index < -0.39 is 0 Å². The number of piperidine rings is 1. The summed E-state index contributed by atoms with van der Waals surface area (Å²) in [5.74, 6) is 1.26. The van der Waals surface area contributed by atoms with Crippen LogP contribution in [0, 0.1) is 0 Å². The van der Waals surface area contributed by atoms with Gasteiger partial charge in [-0.2, -0.15) is 0 Å². The molecule has 1 aromatic heterocycles. The van der Waals surface area contributed by atoms with E-state index in [1.165, 1.54) is 0 Å². The molecule has 0 unspecified atom stereocenters. The lowest BCUT2D eigenvalue weighted by molar-refractivity contribution is 0.0108. The van der Waals surface area contributed by atoms with Gasteiger partial charge in [-0.15, -0.1) is 0 Å². The van der Waals surface area contributed by atoms with Crippen LogP contribution < -0.4 is 15.8 Å². The highest BCUT2D eigenvalue weighted by molar-refractivity contribution is 5.94. The molecular formula is C19H22N4O2. The third kappa shape index (κ3) is 3.17. The van der Waals surface area contributed by atoms with Gasteiger partial charge in [-0.1, -0.05) is 18.2 Å². The molecule has 0 atom stereocenters. The van der Waals surface area contributed by atoms with Crippen LogP contribution in [0.1, 0.15) is 28.8 Å². The number of benzene rings is 1.